The summed E-state index contributed by atoms with van der Waals surface area (Å²) in [5.41, 5.74) is 0.998. The minimum atomic E-state index is -1.26. The first-order valence-corrected chi connectivity index (χ1v) is 14.3. The molecule has 1 saturated heterocycles. The van der Waals surface area contributed by atoms with Crippen LogP contribution in [0, 0.1) is 11.6 Å². The molecule has 1 aliphatic heterocycles. The molecule has 40 heavy (non-hydrogen) atoms. The fourth-order valence-electron chi connectivity index (χ4n) is 4.18. The molecule has 0 saturated carbocycles. The number of carboxylic acids is 2. The molecule has 218 valence electrons. The van der Waals surface area contributed by atoms with Crippen LogP contribution in [0.25, 0.3) is 0 Å². The van der Waals surface area contributed by atoms with Gasteiger partial charge in [0.2, 0.25) is 0 Å². The minimum Gasteiger partial charge on any atom is -0.493 e. The third kappa shape index (κ3) is 12.2. The molecule has 1 aliphatic rings. The largest absolute Gasteiger partial charge is 0.493 e. The van der Waals surface area contributed by atoms with Gasteiger partial charge in [0.05, 0.1) is 12.3 Å². The van der Waals surface area contributed by atoms with Crippen molar-refractivity contribution in [3.63, 3.8) is 0 Å². The lowest BCUT2D eigenvalue weighted by Gasteiger charge is -2.39. The Bertz CT molecular complexity index is 1110. The number of piperidine rings is 1. The van der Waals surface area contributed by atoms with Crippen LogP contribution in [-0.2, 0) is 9.59 Å². The molecule has 11 heteroatoms. The van der Waals surface area contributed by atoms with Crippen LogP contribution in [0.5, 0.6) is 5.75 Å². The summed E-state index contributed by atoms with van der Waals surface area (Å²) in [6.07, 6.45) is 7.39. The first kappa shape index (κ1) is 32.8. The molecule has 0 unspecified atom stereocenters. The van der Waals surface area contributed by atoms with E-state index >= 15 is 0 Å². The van der Waals surface area contributed by atoms with Gasteiger partial charge in [0.15, 0.2) is 16.8 Å². The van der Waals surface area contributed by atoms with E-state index in [2.05, 4.69) is 23.0 Å². The standard InChI is InChI=1S/C25H33F2N3OS.C4H4O4/c1-3-30(25(32-2)28-20-9-5-4-6-10-20)21-13-16-29(17-14-21)15-7-8-18-31-22-11-12-23(26)24(27)19-22;5-3(6)1-2-4(7)8/h4-6,9-12,19,21H,3,7-8,13-18H2,1-2H3;1-2H,(H,5,6)(H,7,8)/b28-25-;2-1+. The van der Waals surface area contributed by atoms with E-state index in [1.807, 2.05) is 30.3 Å². The number of aliphatic imine (C=N–C) groups is 1. The van der Waals surface area contributed by atoms with E-state index < -0.39 is 23.6 Å². The van der Waals surface area contributed by atoms with Crippen molar-refractivity contribution in [3.05, 3.63) is 72.3 Å². The Morgan fingerprint density at radius 1 is 1.05 bits per heavy atom. The number of aliphatic carboxylic acids is 2. The van der Waals surface area contributed by atoms with E-state index in [9.17, 15) is 18.4 Å². The molecule has 0 bridgehead atoms. The zero-order valence-corrected chi connectivity index (χ0v) is 23.7. The lowest BCUT2D eigenvalue weighted by atomic mass is 10.0. The summed E-state index contributed by atoms with van der Waals surface area (Å²) in [6.45, 7) is 6.87. The number of likely N-dealkylation sites (tertiary alicyclic amines) is 1. The molecule has 0 radical (unpaired) electrons. The molecular formula is C29H37F2N3O5S. The molecule has 8 nitrogen and oxygen atoms in total. The number of rotatable bonds is 11. The van der Waals surface area contributed by atoms with E-state index in [0.717, 1.165) is 74.9 Å². The van der Waals surface area contributed by atoms with Crippen LogP contribution in [0.15, 0.2) is 65.7 Å². The fourth-order valence-corrected chi connectivity index (χ4v) is 4.89. The summed E-state index contributed by atoms with van der Waals surface area (Å²) in [6, 6.07) is 14.3. The maximum Gasteiger partial charge on any atom is 0.328 e. The van der Waals surface area contributed by atoms with E-state index in [-0.39, 0.29) is 0 Å². The van der Waals surface area contributed by atoms with Crippen molar-refractivity contribution in [2.75, 3.05) is 39.0 Å². The molecule has 2 aromatic rings. The predicted molar refractivity (Wildman–Crippen MR) is 154 cm³/mol. The second-order valence-corrected chi connectivity index (χ2v) is 9.71. The highest BCUT2D eigenvalue weighted by Gasteiger charge is 2.25. The number of unbranched alkanes of at least 4 members (excludes halogenated alkanes) is 1. The summed E-state index contributed by atoms with van der Waals surface area (Å²) in [5, 5.41) is 16.7. The summed E-state index contributed by atoms with van der Waals surface area (Å²) in [5.74, 6) is -3.85. The number of ether oxygens (including phenoxy) is 1. The monoisotopic (exact) mass is 577 g/mol. The van der Waals surface area contributed by atoms with Gasteiger partial charge in [-0.1, -0.05) is 30.0 Å². The average molecular weight is 578 g/mol. The molecule has 1 fully saturated rings. The third-order valence-corrected chi connectivity index (χ3v) is 6.84. The SMILES string of the molecule is CCN(/C(=N/c1ccccc1)SC)C1CCN(CCCCOc2ccc(F)c(F)c2)CC1.O=C(O)/C=C/C(=O)O. The lowest BCUT2D eigenvalue weighted by molar-refractivity contribution is -0.134. The van der Waals surface area contributed by atoms with Crippen LogP contribution in [0.4, 0.5) is 14.5 Å². The van der Waals surface area contributed by atoms with E-state index in [1.165, 1.54) is 6.07 Å². The number of hydrogen-bond acceptors (Lipinski definition) is 6. The number of halogens is 2. The smallest absolute Gasteiger partial charge is 0.328 e. The van der Waals surface area contributed by atoms with E-state index in [4.69, 9.17) is 19.9 Å². The summed E-state index contributed by atoms with van der Waals surface area (Å²) >= 11 is 1.72. The van der Waals surface area contributed by atoms with Gasteiger partial charge in [-0.15, -0.1) is 0 Å². The first-order chi connectivity index (χ1) is 19.2. The molecule has 1 heterocycles. The maximum absolute atomic E-state index is 13.2. The average Bonchev–Trinajstić information content (AvgIpc) is 2.95. The fraction of sp³-hybridized carbons (Fsp3) is 0.414. The lowest BCUT2D eigenvalue weighted by Crippen LogP contribution is -2.46. The van der Waals surface area contributed by atoms with Crippen molar-refractivity contribution in [2.45, 2.75) is 38.6 Å². The maximum atomic E-state index is 13.2. The van der Waals surface area contributed by atoms with Gasteiger partial charge in [0.25, 0.3) is 0 Å². The van der Waals surface area contributed by atoms with Crippen LogP contribution in [0.2, 0.25) is 0 Å². The van der Waals surface area contributed by atoms with Crippen molar-refractivity contribution in [2.24, 2.45) is 4.99 Å². The van der Waals surface area contributed by atoms with Gasteiger partial charge >= 0.3 is 11.9 Å². The Balaban J connectivity index is 0.000000611. The van der Waals surface area contributed by atoms with Gasteiger partial charge in [-0.05, 0) is 69.7 Å². The number of nitrogens with zero attached hydrogens (tertiary/aromatic N) is 3. The Morgan fingerprint density at radius 3 is 2.25 bits per heavy atom. The van der Waals surface area contributed by atoms with Gasteiger partial charge in [-0.3, -0.25) is 0 Å². The van der Waals surface area contributed by atoms with Crippen LogP contribution in [-0.4, -0.2) is 82.2 Å². The Kier molecular flexibility index (Phi) is 14.8. The highest BCUT2D eigenvalue weighted by Crippen LogP contribution is 2.23. The van der Waals surface area contributed by atoms with E-state index in [1.54, 1.807) is 11.8 Å². The van der Waals surface area contributed by atoms with Crippen LogP contribution < -0.4 is 4.74 Å². The van der Waals surface area contributed by atoms with Gasteiger partial charge < -0.3 is 24.7 Å². The summed E-state index contributed by atoms with van der Waals surface area (Å²) < 4.78 is 31.7. The number of hydrogen-bond donors (Lipinski definition) is 2. The van der Waals surface area contributed by atoms with Crippen molar-refractivity contribution >= 4 is 34.6 Å². The van der Waals surface area contributed by atoms with Crippen molar-refractivity contribution in [3.8, 4) is 5.75 Å². The van der Waals surface area contributed by atoms with Gasteiger partial charge in [-0.25, -0.2) is 23.4 Å². The number of benzene rings is 2. The number of amidine groups is 1. The Labute approximate surface area is 238 Å². The zero-order valence-electron chi connectivity index (χ0n) is 22.8. The van der Waals surface area contributed by atoms with Crippen molar-refractivity contribution < 1.29 is 33.3 Å². The molecule has 2 N–H and O–H groups in total. The number of carboxylic acid groups (broad SMARTS) is 2. The Morgan fingerprint density at radius 2 is 1.70 bits per heavy atom. The second kappa shape index (κ2) is 18.0. The van der Waals surface area contributed by atoms with Crippen molar-refractivity contribution in [1.29, 1.82) is 0 Å². The number of carbonyl (C=O) groups is 2. The molecule has 3 rings (SSSR count). The second-order valence-electron chi connectivity index (χ2n) is 8.93. The minimum absolute atomic E-state index is 0.381. The molecule has 2 aromatic carbocycles. The molecule has 0 spiro atoms. The zero-order chi connectivity index (χ0) is 29.3. The number of para-hydroxylation sites is 1. The van der Waals surface area contributed by atoms with Crippen LogP contribution >= 0.6 is 11.8 Å². The quantitative estimate of drug-likeness (QED) is 0.152. The highest BCUT2D eigenvalue weighted by atomic mass is 32.2. The molecule has 0 aliphatic carbocycles. The molecule has 0 amide bonds. The van der Waals surface area contributed by atoms with E-state index in [0.29, 0.717) is 30.6 Å². The molecular weight excluding hydrogens is 540 g/mol. The third-order valence-electron chi connectivity index (χ3n) is 6.14. The first-order valence-electron chi connectivity index (χ1n) is 13.1. The van der Waals surface area contributed by atoms with Crippen LogP contribution in [0.1, 0.15) is 32.6 Å². The molecule has 0 atom stereocenters. The highest BCUT2D eigenvalue weighted by molar-refractivity contribution is 8.13. The summed E-state index contributed by atoms with van der Waals surface area (Å²) in [4.78, 5) is 28.9. The van der Waals surface area contributed by atoms with Crippen molar-refractivity contribution in [1.82, 2.24) is 9.80 Å². The Hall–Kier alpha value is -3.44. The van der Waals surface area contributed by atoms with Gasteiger partial charge in [-0.2, -0.15) is 0 Å². The van der Waals surface area contributed by atoms with Gasteiger partial charge in [0.1, 0.15) is 5.75 Å². The summed E-state index contributed by atoms with van der Waals surface area (Å²) in [7, 11) is 0. The van der Waals surface area contributed by atoms with Crippen LogP contribution in [0.3, 0.4) is 0 Å². The van der Waals surface area contributed by atoms with Gasteiger partial charge in [0, 0.05) is 43.9 Å². The topological polar surface area (TPSA) is 103 Å². The number of thioether (sulfide) groups is 1. The molecule has 0 aromatic heterocycles. The predicted octanol–water partition coefficient (Wildman–Crippen LogP) is 5.67. The normalized spacial score (nSPS) is 14.4.